The van der Waals surface area contributed by atoms with Gasteiger partial charge in [-0.05, 0) is 44.0 Å². The van der Waals surface area contributed by atoms with E-state index < -0.39 is 34.6 Å². The maximum Gasteiger partial charge on any atom is 0.339 e. The summed E-state index contributed by atoms with van der Waals surface area (Å²) in [5, 5.41) is 14.1. The van der Waals surface area contributed by atoms with E-state index in [0.29, 0.717) is 11.3 Å². The summed E-state index contributed by atoms with van der Waals surface area (Å²) in [6, 6.07) is 17.1. The highest BCUT2D eigenvalue weighted by molar-refractivity contribution is 6.00. The Morgan fingerprint density at radius 1 is 0.943 bits per heavy atom. The summed E-state index contributed by atoms with van der Waals surface area (Å²) in [6.45, 7) is 5.35. The number of nitrogens with zero attached hydrogens (tertiary/aromatic N) is 1. The zero-order valence-electron chi connectivity index (χ0n) is 19.4. The highest BCUT2D eigenvalue weighted by atomic mass is 16.6. The molecule has 0 spiro atoms. The molecule has 0 saturated carbocycles. The molecule has 1 atom stereocenters. The number of carbonyl (C=O) groups is 3. The third-order valence-electron chi connectivity index (χ3n) is 5.09. The number of amides is 1. The zero-order chi connectivity index (χ0) is 25.5. The third-order valence-corrected chi connectivity index (χ3v) is 5.09. The van der Waals surface area contributed by atoms with Gasteiger partial charge in [0.2, 0.25) is 6.10 Å². The van der Waals surface area contributed by atoms with Gasteiger partial charge in [0, 0.05) is 23.4 Å². The van der Waals surface area contributed by atoms with E-state index in [1.807, 2.05) is 26.0 Å². The van der Waals surface area contributed by atoms with Crippen molar-refractivity contribution in [2.45, 2.75) is 26.9 Å². The Kier molecular flexibility index (Phi) is 7.93. The highest BCUT2D eigenvalue weighted by Gasteiger charge is 2.28. The first kappa shape index (κ1) is 25.1. The minimum Gasteiger partial charge on any atom is -0.462 e. The molecule has 0 heterocycles. The minimum absolute atomic E-state index is 0.0515. The van der Waals surface area contributed by atoms with Crippen molar-refractivity contribution in [3.05, 3.63) is 105 Å². The molecule has 3 rings (SSSR count). The fourth-order valence-corrected chi connectivity index (χ4v) is 3.31. The number of nitro benzene ring substituents is 1. The molecule has 180 valence electrons. The quantitative estimate of drug-likeness (QED) is 0.278. The van der Waals surface area contributed by atoms with Crippen molar-refractivity contribution in [1.29, 1.82) is 0 Å². The van der Waals surface area contributed by atoms with Crippen molar-refractivity contribution in [2.24, 2.45) is 0 Å². The summed E-state index contributed by atoms with van der Waals surface area (Å²) in [6.07, 6.45) is -1.35. The standard InChI is InChI=1S/C26H24N2O7/c1-4-34-25(30)19-13-20(15-21(14-19)28(32)33)26(31)35-23(18-8-6-5-7-9-18)24(29)27-22-12-16(2)10-11-17(22)3/h5-15,23H,4H2,1-3H3,(H,27,29). The number of non-ortho nitro benzene ring substituents is 1. The average Bonchev–Trinajstić information content (AvgIpc) is 2.84. The van der Waals surface area contributed by atoms with Crippen LogP contribution in [0.4, 0.5) is 11.4 Å². The summed E-state index contributed by atoms with van der Waals surface area (Å²) in [5.41, 5.74) is 1.79. The molecule has 9 nitrogen and oxygen atoms in total. The third kappa shape index (κ3) is 6.29. The predicted octanol–water partition coefficient (Wildman–Crippen LogP) is 4.93. The maximum atomic E-state index is 13.2. The Balaban J connectivity index is 1.95. The van der Waals surface area contributed by atoms with Crippen LogP contribution in [0.5, 0.6) is 0 Å². The Bertz CT molecular complexity index is 1270. The van der Waals surface area contributed by atoms with E-state index in [4.69, 9.17) is 9.47 Å². The lowest BCUT2D eigenvalue weighted by Crippen LogP contribution is -2.26. The Morgan fingerprint density at radius 3 is 2.23 bits per heavy atom. The number of hydrogen-bond acceptors (Lipinski definition) is 7. The van der Waals surface area contributed by atoms with Crippen molar-refractivity contribution in [2.75, 3.05) is 11.9 Å². The van der Waals surface area contributed by atoms with E-state index in [9.17, 15) is 24.5 Å². The molecule has 0 fully saturated rings. The van der Waals surface area contributed by atoms with Crippen molar-refractivity contribution in [1.82, 2.24) is 0 Å². The van der Waals surface area contributed by atoms with Gasteiger partial charge in [0.15, 0.2) is 0 Å². The topological polar surface area (TPSA) is 125 Å². The number of rotatable bonds is 8. The Hall–Kier alpha value is -4.53. The summed E-state index contributed by atoms with van der Waals surface area (Å²) < 4.78 is 10.4. The van der Waals surface area contributed by atoms with Gasteiger partial charge in [0.1, 0.15) is 0 Å². The molecule has 3 aromatic carbocycles. The lowest BCUT2D eigenvalue weighted by atomic mass is 10.1. The number of nitro groups is 1. The molecule has 9 heteroatoms. The van der Waals surface area contributed by atoms with Gasteiger partial charge >= 0.3 is 11.9 Å². The number of nitrogens with one attached hydrogen (secondary N) is 1. The molecular formula is C26H24N2O7. The second-order valence-corrected chi connectivity index (χ2v) is 7.75. The van der Waals surface area contributed by atoms with Gasteiger partial charge in [-0.25, -0.2) is 9.59 Å². The molecule has 1 unspecified atom stereocenters. The first-order valence-corrected chi connectivity index (χ1v) is 10.8. The molecule has 0 aliphatic carbocycles. The number of hydrogen-bond donors (Lipinski definition) is 1. The molecule has 0 radical (unpaired) electrons. The van der Waals surface area contributed by atoms with Crippen LogP contribution in [-0.2, 0) is 14.3 Å². The molecule has 3 aromatic rings. The summed E-state index contributed by atoms with van der Waals surface area (Å²) in [7, 11) is 0. The smallest absolute Gasteiger partial charge is 0.339 e. The van der Waals surface area contributed by atoms with Crippen molar-refractivity contribution < 1.29 is 28.8 Å². The molecule has 0 aromatic heterocycles. The van der Waals surface area contributed by atoms with E-state index in [0.717, 1.165) is 29.3 Å². The molecule has 1 N–H and O–H groups in total. The van der Waals surface area contributed by atoms with Gasteiger partial charge in [-0.1, -0.05) is 42.5 Å². The molecule has 0 saturated heterocycles. The van der Waals surface area contributed by atoms with E-state index in [1.165, 1.54) is 0 Å². The summed E-state index contributed by atoms with van der Waals surface area (Å²) in [4.78, 5) is 49.0. The normalized spacial score (nSPS) is 11.3. The van der Waals surface area contributed by atoms with Gasteiger partial charge in [-0.15, -0.1) is 0 Å². The minimum atomic E-state index is -1.35. The molecule has 0 aliphatic rings. The number of carbonyl (C=O) groups excluding carboxylic acids is 3. The van der Waals surface area contributed by atoms with E-state index in [2.05, 4.69) is 5.32 Å². The van der Waals surface area contributed by atoms with Crippen LogP contribution in [-0.4, -0.2) is 29.4 Å². The van der Waals surface area contributed by atoms with Gasteiger partial charge in [-0.2, -0.15) is 0 Å². The summed E-state index contributed by atoms with van der Waals surface area (Å²) in [5.74, 6) is -2.43. The fourth-order valence-electron chi connectivity index (χ4n) is 3.31. The number of aryl methyl sites for hydroxylation is 2. The number of esters is 2. The van der Waals surface area contributed by atoms with Crippen LogP contribution in [0.15, 0.2) is 66.7 Å². The predicted molar refractivity (Wildman–Crippen MR) is 128 cm³/mol. The second kappa shape index (κ2) is 11.1. The molecule has 0 bridgehead atoms. The molecule has 1 amide bonds. The summed E-state index contributed by atoms with van der Waals surface area (Å²) >= 11 is 0. The Morgan fingerprint density at radius 2 is 1.60 bits per heavy atom. The maximum absolute atomic E-state index is 13.2. The highest BCUT2D eigenvalue weighted by Crippen LogP contribution is 2.25. The van der Waals surface area contributed by atoms with Crippen molar-refractivity contribution in [3.63, 3.8) is 0 Å². The van der Waals surface area contributed by atoms with Crippen molar-refractivity contribution >= 4 is 29.2 Å². The monoisotopic (exact) mass is 476 g/mol. The lowest BCUT2D eigenvalue weighted by Gasteiger charge is -2.19. The molecule has 35 heavy (non-hydrogen) atoms. The Labute approximate surface area is 201 Å². The number of benzene rings is 3. The van der Waals surface area contributed by atoms with Crippen LogP contribution < -0.4 is 5.32 Å². The SMILES string of the molecule is CCOC(=O)c1cc(C(=O)OC(C(=O)Nc2cc(C)ccc2C)c2ccccc2)cc([N+](=O)[O-])c1. The van der Waals surface area contributed by atoms with E-state index in [1.54, 1.807) is 43.3 Å². The van der Waals surface area contributed by atoms with Crippen LogP contribution >= 0.6 is 0 Å². The van der Waals surface area contributed by atoms with Crippen molar-refractivity contribution in [3.8, 4) is 0 Å². The van der Waals surface area contributed by atoms with Gasteiger partial charge in [0.25, 0.3) is 11.6 Å². The zero-order valence-corrected chi connectivity index (χ0v) is 19.4. The van der Waals surface area contributed by atoms with Crippen LogP contribution in [0.25, 0.3) is 0 Å². The number of anilines is 1. The largest absolute Gasteiger partial charge is 0.462 e. The van der Waals surface area contributed by atoms with Gasteiger partial charge in [0.05, 0.1) is 22.7 Å². The fraction of sp³-hybridized carbons (Fsp3) is 0.192. The van der Waals surface area contributed by atoms with Gasteiger partial charge < -0.3 is 14.8 Å². The lowest BCUT2D eigenvalue weighted by molar-refractivity contribution is -0.384. The van der Waals surface area contributed by atoms with Crippen LogP contribution in [0, 0.1) is 24.0 Å². The first-order chi connectivity index (χ1) is 16.7. The molecule has 0 aliphatic heterocycles. The molecular weight excluding hydrogens is 452 g/mol. The van der Waals surface area contributed by atoms with Crippen LogP contribution in [0.2, 0.25) is 0 Å². The van der Waals surface area contributed by atoms with E-state index in [-0.39, 0.29) is 17.7 Å². The van der Waals surface area contributed by atoms with Gasteiger partial charge in [-0.3, -0.25) is 14.9 Å². The van der Waals surface area contributed by atoms with Crippen LogP contribution in [0.1, 0.15) is 50.4 Å². The van der Waals surface area contributed by atoms with E-state index >= 15 is 0 Å². The first-order valence-electron chi connectivity index (χ1n) is 10.8. The second-order valence-electron chi connectivity index (χ2n) is 7.75. The average molecular weight is 476 g/mol. The number of ether oxygens (including phenoxy) is 2. The van der Waals surface area contributed by atoms with Crippen LogP contribution in [0.3, 0.4) is 0 Å².